The second kappa shape index (κ2) is 9.32. The predicted molar refractivity (Wildman–Crippen MR) is 120 cm³/mol. The van der Waals surface area contributed by atoms with Crippen LogP contribution in [0.15, 0.2) is 47.4 Å². The molecule has 33 heavy (non-hydrogen) atoms. The lowest BCUT2D eigenvalue weighted by Crippen LogP contribution is -2.29. The van der Waals surface area contributed by atoms with Crippen LogP contribution in [0.5, 0.6) is 5.75 Å². The Kier molecular flexibility index (Phi) is 6.48. The van der Waals surface area contributed by atoms with E-state index in [2.05, 4.69) is 4.72 Å². The maximum atomic E-state index is 12.9. The van der Waals surface area contributed by atoms with Crippen molar-refractivity contribution in [2.75, 3.05) is 18.6 Å². The largest absolute Gasteiger partial charge is 0.495 e. The molecule has 2 saturated heterocycles. The van der Waals surface area contributed by atoms with Crippen molar-refractivity contribution in [2.24, 2.45) is 0 Å². The van der Waals surface area contributed by atoms with Crippen molar-refractivity contribution in [2.45, 2.75) is 43.7 Å². The Balaban J connectivity index is 1.46. The molecule has 174 valence electrons. The van der Waals surface area contributed by atoms with E-state index < -0.39 is 21.8 Å². The van der Waals surface area contributed by atoms with Gasteiger partial charge in [0, 0.05) is 38.9 Å². The van der Waals surface area contributed by atoms with Crippen LogP contribution in [0.25, 0.3) is 0 Å². The summed E-state index contributed by atoms with van der Waals surface area (Å²) in [7, 11) is -2.53. The van der Waals surface area contributed by atoms with Crippen molar-refractivity contribution in [1.82, 2.24) is 9.62 Å². The molecule has 2 aliphatic heterocycles. The molecule has 0 bridgehead atoms. The number of likely N-dealkylation sites (tertiary alicyclic amines) is 1. The first kappa shape index (κ1) is 22.9. The number of anilines is 1. The van der Waals surface area contributed by atoms with Crippen LogP contribution in [0.2, 0.25) is 0 Å². The molecule has 0 aromatic heterocycles. The highest BCUT2D eigenvalue weighted by Crippen LogP contribution is 2.34. The zero-order chi connectivity index (χ0) is 23.6. The molecule has 2 aromatic carbocycles. The number of rotatable bonds is 8. The summed E-state index contributed by atoms with van der Waals surface area (Å²) in [5, 5.41) is 0. The highest BCUT2D eigenvalue weighted by atomic mass is 32.2. The lowest BCUT2D eigenvalue weighted by Gasteiger charge is -2.18. The van der Waals surface area contributed by atoms with Gasteiger partial charge in [-0.05, 0) is 35.7 Å². The maximum Gasteiger partial charge on any atom is 0.240 e. The van der Waals surface area contributed by atoms with E-state index in [4.69, 9.17) is 4.74 Å². The van der Waals surface area contributed by atoms with Gasteiger partial charge in [0.05, 0.1) is 17.7 Å². The fourth-order valence-corrected chi connectivity index (χ4v) is 5.01. The smallest absolute Gasteiger partial charge is 0.240 e. The number of benzene rings is 2. The quantitative estimate of drug-likeness (QED) is 0.589. The molecule has 2 heterocycles. The summed E-state index contributed by atoms with van der Waals surface area (Å²) in [6, 6.07) is 11.5. The molecule has 3 amide bonds. The molecule has 9 nitrogen and oxygen atoms in total. The van der Waals surface area contributed by atoms with Crippen LogP contribution in [-0.2, 0) is 37.5 Å². The van der Waals surface area contributed by atoms with Gasteiger partial charge in [0.2, 0.25) is 27.7 Å². The predicted octanol–water partition coefficient (Wildman–Crippen LogP) is 1.95. The Morgan fingerprint density at radius 1 is 0.909 bits per heavy atom. The summed E-state index contributed by atoms with van der Waals surface area (Å²) in [5.41, 5.74) is 1.86. The molecule has 0 atom stereocenters. The molecule has 0 saturated carbocycles. The molecular formula is C23H25N3O6S. The van der Waals surface area contributed by atoms with Crippen LogP contribution < -0.4 is 14.4 Å². The zero-order valence-corrected chi connectivity index (χ0v) is 19.1. The summed E-state index contributed by atoms with van der Waals surface area (Å²) < 4.78 is 33.5. The third-order valence-corrected chi connectivity index (χ3v) is 7.19. The first-order valence-corrected chi connectivity index (χ1v) is 12.2. The minimum Gasteiger partial charge on any atom is -0.495 e. The molecule has 10 heteroatoms. The second-order valence-electron chi connectivity index (χ2n) is 8.02. The van der Waals surface area contributed by atoms with E-state index in [1.807, 2.05) is 29.2 Å². The summed E-state index contributed by atoms with van der Waals surface area (Å²) in [5.74, 6) is -0.388. The van der Waals surface area contributed by atoms with Crippen molar-refractivity contribution in [3.8, 4) is 5.75 Å². The Bertz CT molecular complexity index is 1180. The number of ether oxygens (including phenoxy) is 1. The van der Waals surface area contributed by atoms with Gasteiger partial charge < -0.3 is 9.64 Å². The Hall–Kier alpha value is -3.24. The van der Waals surface area contributed by atoms with Crippen LogP contribution in [0.3, 0.4) is 0 Å². The minimum atomic E-state index is -3.91. The molecule has 0 aliphatic carbocycles. The Morgan fingerprint density at radius 2 is 1.58 bits per heavy atom. The van der Waals surface area contributed by atoms with Gasteiger partial charge in [0.1, 0.15) is 5.75 Å². The van der Waals surface area contributed by atoms with Crippen LogP contribution in [0, 0.1) is 0 Å². The van der Waals surface area contributed by atoms with Gasteiger partial charge in [-0.1, -0.05) is 24.3 Å². The van der Waals surface area contributed by atoms with Gasteiger partial charge in [-0.3, -0.25) is 14.4 Å². The van der Waals surface area contributed by atoms with Gasteiger partial charge in [0.25, 0.3) is 0 Å². The van der Waals surface area contributed by atoms with Gasteiger partial charge in [-0.25, -0.2) is 18.0 Å². The number of nitrogens with one attached hydrogen (secondary N) is 1. The van der Waals surface area contributed by atoms with Gasteiger partial charge >= 0.3 is 0 Å². The third-order valence-electron chi connectivity index (χ3n) is 5.79. The van der Waals surface area contributed by atoms with E-state index in [9.17, 15) is 22.8 Å². The molecular weight excluding hydrogens is 446 g/mol. The van der Waals surface area contributed by atoms with E-state index in [1.165, 1.54) is 25.3 Å². The summed E-state index contributed by atoms with van der Waals surface area (Å²) in [6.07, 6.45) is 1.64. The molecule has 2 fully saturated rings. The first-order chi connectivity index (χ1) is 15.8. The Labute approximate surface area is 192 Å². The van der Waals surface area contributed by atoms with E-state index in [0.717, 1.165) is 29.0 Å². The standard InChI is InChI=1S/C23H25N3O6S/c1-32-20-9-8-18(13-19(20)26-22(28)10-11-23(26)29)33(30,31)24-14-16-4-6-17(7-5-16)15-25-12-2-3-21(25)27/h4-9,13,24H,2-3,10-12,14-15H2,1H3. The number of hydrogen-bond acceptors (Lipinski definition) is 6. The van der Waals surface area contributed by atoms with Crippen LogP contribution in [-0.4, -0.2) is 44.7 Å². The third kappa shape index (κ3) is 4.91. The van der Waals surface area contributed by atoms with Crippen LogP contribution in [0.4, 0.5) is 5.69 Å². The molecule has 0 radical (unpaired) electrons. The topological polar surface area (TPSA) is 113 Å². The number of sulfonamides is 1. The summed E-state index contributed by atoms with van der Waals surface area (Å²) in [6.45, 7) is 1.38. The molecule has 0 unspecified atom stereocenters. The lowest BCUT2D eigenvalue weighted by atomic mass is 10.1. The van der Waals surface area contributed by atoms with Crippen LogP contribution >= 0.6 is 0 Å². The molecule has 2 aliphatic rings. The van der Waals surface area contributed by atoms with Gasteiger partial charge in [-0.2, -0.15) is 0 Å². The van der Waals surface area contributed by atoms with Crippen molar-refractivity contribution in [3.63, 3.8) is 0 Å². The number of amides is 3. The minimum absolute atomic E-state index is 0.0637. The fraction of sp³-hybridized carbons (Fsp3) is 0.348. The molecule has 1 N–H and O–H groups in total. The second-order valence-corrected chi connectivity index (χ2v) is 9.78. The molecule has 0 spiro atoms. The number of hydrogen-bond donors (Lipinski definition) is 1. The molecule has 4 rings (SSSR count). The number of methoxy groups -OCH3 is 1. The zero-order valence-electron chi connectivity index (χ0n) is 18.2. The first-order valence-electron chi connectivity index (χ1n) is 10.7. The van der Waals surface area contributed by atoms with E-state index in [-0.39, 0.29) is 41.6 Å². The van der Waals surface area contributed by atoms with Gasteiger partial charge in [0.15, 0.2) is 0 Å². The highest BCUT2D eigenvalue weighted by molar-refractivity contribution is 7.89. The van der Waals surface area contributed by atoms with E-state index >= 15 is 0 Å². The van der Waals surface area contributed by atoms with E-state index in [0.29, 0.717) is 13.0 Å². The number of imide groups is 1. The van der Waals surface area contributed by atoms with Crippen molar-refractivity contribution in [3.05, 3.63) is 53.6 Å². The normalized spacial score (nSPS) is 16.7. The summed E-state index contributed by atoms with van der Waals surface area (Å²) in [4.78, 5) is 38.8. The van der Waals surface area contributed by atoms with Crippen molar-refractivity contribution >= 4 is 33.4 Å². The average molecular weight is 472 g/mol. The van der Waals surface area contributed by atoms with Crippen molar-refractivity contribution in [1.29, 1.82) is 0 Å². The number of carbonyl (C=O) groups excluding carboxylic acids is 3. The van der Waals surface area contributed by atoms with E-state index in [1.54, 1.807) is 0 Å². The monoisotopic (exact) mass is 471 g/mol. The van der Waals surface area contributed by atoms with Crippen molar-refractivity contribution < 1.29 is 27.5 Å². The van der Waals surface area contributed by atoms with Crippen LogP contribution in [0.1, 0.15) is 36.8 Å². The maximum absolute atomic E-state index is 12.9. The fourth-order valence-electron chi connectivity index (χ4n) is 3.97. The Morgan fingerprint density at radius 3 is 2.18 bits per heavy atom. The highest BCUT2D eigenvalue weighted by Gasteiger charge is 2.33. The molecule has 2 aromatic rings. The van der Waals surface area contributed by atoms with Gasteiger partial charge in [-0.15, -0.1) is 0 Å². The summed E-state index contributed by atoms with van der Waals surface area (Å²) >= 11 is 0. The average Bonchev–Trinajstić information content (AvgIpc) is 3.36. The lowest BCUT2D eigenvalue weighted by molar-refractivity contribution is -0.128. The number of carbonyl (C=O) groups is 3. The number of nitrogens with zero attached hydrogens (tertiary/aromatic N) is 2. The SMILES string of the molecule is COc1ccc(S(=O)(=O)NCc2ccc(CN3CCCC3=O)cc2)cc1N1C(=O)CCC1=O.